The molecule has 0 amide bonds. The van der Waals surface area contributed by atoms with Crippen molar-refractivity contribution in [3.63, 3.8) is 0 Å². The molecule has 1 atom stereocenters. The van der Waals surface area contributed by atoms with Crippen LogP contribution in [0.1, 0.15) is 11.1 Å². The first-order valence-corrected chi connectivity index (χ1v) is 8.11. The summed E-state index contributed by atoms with van der Waals surface area (Å²) in [6.07, 6.45) is 5.09. The molecule has 1 aromatic carbocycles. The van der Waals surface area contributed by atoms with E-state index in [1.165, 1.54) is 0 Å². The largest absolute Gasteiger partial charge is 0.772 e. The van der Waals surface area contributed by atoms with E-state index in [2.05, 4.69) is 25.5 Å². The van der Waals surface area contributed by atoms with Crippen LogP contribution in [-0.2, 0) is 16.8 Å². The van der Waals surface area contributed by atoms with Crippen LogP contribution in [-0.4, -0.2) is 28.9 Å². The van der Waals surface area contributed by atoms with Gasteiger partial charge in [-0.2, -0.15) is 5.10 Å². The molecular formula is C15H14N5O2S-. The summed E-state index contributed by atoms with van der Waals surface area (Å²) in [7, 11) is 0. The van der Waals surface area contributed by atoms with Crippen molar-refractivity contribution in [1.82, 2.24) is 20.2 Å². The van der Waals surface area contributed by atoms with Crippen LogP contribution in [0.25, 0.3) is 11.3 Å². The average Bonchev–Trinajstić information content (AvgIpc) is 3.02. The first-order chi connectivity index (χ1) is 11.1. The Morgan fingerprint density at radius 2 is 2.04 bits per heavy atom. The van der Waals surface area contributed by atoms with E-state index in [-0.39, 0.29) is 5.75 Å². The molecule has 23 heavy (non-hydrogen) atoms. The lowest BCUT2D eigenvalue weighted by Crippen LogP contribution is -1.99. The number of nitrogens with zero attached hydrogens (tertiary/aromatic N) is 3. The van der Waals surface area contributed by atoms with E-state index in [0.29, 0.717) is 5.95 Å². The van der Waals surface area contributed by atoms with Crippen molar-refractivity contribution in [1.29, 1.82) is 0 Å². The van der Waals surface area contributed by atoms with Gasteiger partial charge in [0, 0.05) is 23.7 Å². The van der Waals surface area contributed by atoms with Crippen LogP contribution in [0, 0.1) is 6.92 Å². The quantitative estimate of drug-likeness (QED) is 0.696. The Bertz CT molecular complexity index is 818. The molecule has 0 fully saturated rings. The summed E-state index contributed by atoms with van der Waals surface area (Å²) in [6.45, 7) is 1.93. The van der Waals surface area contributed by atoms with Gasteiger partial charge in [0.05, 0.1) is 17.6 Å². The third-order valence-electron chi connectivity index (χ3n) is 3.24. The fraction of sp³-hybridized carbons (Fsp3) is 0.133. The predicted octanol–water partition coefficient (Wildman–Crippen LogP) is 2.30. The molecular weight excluding hydrogens is 314 g/mol. The van der Waals surface area contributed by atoms with Crippen LogP contribution in [0.5, 0.6) is 0 Å². The molecule has 2 aromatic heterocycles. The van der Waals surface area contributed by atoms with Gasteiger partial charge >= 0.3 is 0 Å². The van der Waals surface area contributed by atoms with E-state index in [9.17, 15) is 8.76 Å². The predicted molar refractivity (Wildman–Crippen MR) is 86.7 cm³/mol. The molecule has 0 saturated carbocycles. The van der Waals surface area contributed by atoms with Crippen molar-refractivity contribution in [2.24, 2.45) is 0 Å². The summed E-state index contributed by atoms with van der Waals surface area (Å²) in [5.74, 6) is 0.479. The number of hydrogen-bond acceptors (Lipinski definition) is 6. The van der Waals surface area contributed by atoms with Gasteiger partial charge in [-0.1, -0.05) is 35.3 Å². The summed E-state index contributed by atoms with van der Waals surface area (Å²) in [5.41, 5.74) is 4.14. The highest BCUT2D eigenvalue weighted by Gasteiger charge is 2.07. The van der Waals surface area contributed by atoms with Crippen LogP contribution < -0.4 is 5.32 Å². The number of aryl methyl sites for hydroxylation is 1. The Labute approximate surface area is 135 Å². The number of aromatic nitrogens is 4. The standard InChI is InChI=1S/C15H15N5O2S/c1-10-6-16-15(19-13-7-17-18-8-13)20-14(10)12-4-2-11(3-5-12)9-23(21)22/h2-8H,9H2,1H3,(H,17,18)(H,21,22)(H,16,19,20)/p-1. The lowest BCUT2D eigenvalue weighted by molar-refractivity contribution is 0.536. The van der Waals surface area contributed by atoms with Crippen molar-refractivity contribution in [2.45, 2.75) is 12.7 Å². The summed E-state index contributed by atoms with van der Waals surface area (Å²) < 4.78 is 21.5. The van der Waals surface area contributed by atoms with Crippen LogP contribution >= 0.6 is 0 Å². The van der Waals surface area contributed by atoms with Crippen molar-refractivity contribution in [3.05, 3.63) is 54.0 Å². The lowest BCUT2D eigenvalue weighted by Gasteiger charge is -2.09. The fourth-order valence-electron chi connectivity index (χ4n) is 2.14. The van der Waals surface area contributed by atoms with Gasteiger partial charge in [0.25, 0.3) is 0 Å². The second kappa shape index (κ2) is 6.67. The first-order valence-electron chi connectivity index (χ1n) is 6.86. The third-order valence-corrected chi connectivity index (χ3v) is 3.81. The van der Waals surface area contributed by atoms with Crippen molar-refractivity contribution >= 4 is 22.7 Å². The second-order valence-electron chi connectivity index (χ2n) is 4.98. The number of H-pyrrole nitrogens is 1. The summed E-state index contributed by atoms with van der Waals surface area (Å²) in [4.78, 5) is 8.77. The smallest absolute Gasteiger partial charge is 0.227 e. The summed E-state index contributed by atoms with van der Waals surface area (Å²) >= 11 is -2.09. The van der Waals surface area contributed by atoms with Gasteiger partial charge in [0.15, 0.2) is 0 Å². The molecule has 7 nitrogen and oxygen atoms in total. The maximum Gasteiger partial charge on any atom is 0.227 e. The molecule has 0 spiro atoms. The van der Waals surface area contributed by atoms with E-state index in [1.807, 2.05) is 19.1 Å². The zero-order valence-corrected chi connectivity index (χ0v) is 13.1. The molecule has 0 saturated heterocycles. The van der Waals surface area contributed by atoms with E-state index in [4.69, 9.17) is 0 Å². The molecule has 3 aromatic rings. The number of rotatable bonds is 5. The molecule has 2 heterocycles. The number of anilines is 2. The number of benzene rings is 1. The SMILES string of the molecule is Cc1cnc(Nc2cn[nH]c2)nc1-c1ccc(CS(=O)[O-])cc1. The summed E-state index contributed by atoms with van der Waals surface area (Å²) in [5, 5.41) is 9.63. The number of aromatic amines is 1. The second-order valence-corrected chi connectivity index (χ2v) is 5.88. The van der Waals surface area contributed by atoms with Crippen LogP contribution in [0.3, 0.4) is 0 Å². The van der Waals surface area contributed by atoms with Gasteiger partial charge in [0.2, 0.25) is 5.95 Å². The van der Waals surface area contributed by atoms with Gasteiger partial charge < -0.3 is 9.87 Å². The number of hydrogen-bond donors (Lipinski definition) is 2. The minimum Gasteiger partial charge on any atom is -0.772 e. The molecule has 118 valence electrons. The molecule has 2 N–H and O–H groups in total. The van der Waals surface area contributed by atoms with Crippen molar-refractivity contribution in [2.75, 3.05) is 5.32 Å². The molecule has 0 aliphatic rings. The minimum atomic E-state index is -2.09. The molecule has 0 aliphatic heterocycles. The van der Waals surface area contributed by atoms with Crippen molar-refractivity contribution < 1.29 is 8.76 Å². The average molecular weight is 328 g/mol. The third kappa shape index (κ3) is 3.79. The normalized spacial score (nSPS) is 12.1. The van der Waals surface area contributed by atoms with Gasteiger partial charge in [-0.05, 0) is 18.1 Å². The minimum absolute atomic E-state index is 0.0102. The van der Waals surface area contributed by atoms with E-state index in [0.717, 1.165) is 28.1 Å². The Morgan fingerprint density at radius 1 is 1.26 bits per heavy atom. The topological polar surface area (TPSA) is 107 Å². The molecule has 0 radical (unpaired) electrons. The van der Waals surface area contributed by atoms with Crippen molar-refractivity contribution in [3.8, 4) is 11.3 Å². The first kappa shape index (κ1) is 15.3. The summed E-state index contributed by atoms with van der Waals surface area (Å²) in [6, 6.07) is 7.30. The highest BCUT2D eigenvalue weighted by Crippen LogP contribution is 2.23. The Balaban J connectivity index is 1.87. The lowest BCUT2D eigenvalue weighted by atomic mass is 10.1. The molecule has 8 heteroatoms. The van der Waals surface area contributed by atoms with Crippen LogP contribution in [0.2, 0.25) is 0 Å². The highest BCUT2D eigenvalue weighted by atomic mass is 32.2. The molecule has 0 aliphatic carbocycles. The van der Waals surface area contributed by atoms with E-state index >= 15 is 0 Å². The van der Waals surface area contributed by atoms with Gasteiger partial charge in [0.1, 0.15) is 0 Å². The highest BCUT2D eigenvalue weighted by molar-refractivity contribution is 7.78. The van der Waals surface area contributed by atoms with Gasteiger partial charge in [-0.3, -0.25) is 9.31 Å². The molecule has 0 bridgehead atoms. The molecule has 3 rings (SSSR count). The van der Waals surface area contributed by atoms with Gasteiger partial charge in [-0.25, -0.2) is 9.97 Å². The maximum absolute atomic E-state index is 10.7. The number of nitrogens with one attached hydrogen (secondary N) is 2. The van der Waals surface area contributed by atoms with Crippen LogP contribution in [0.15, 0.2) is 42.9 Å². The van der Waals surface area contributed by atoms with E-state index < -0.39 is 11.1 Å². The monoisotopic (exact) mass is 328 g/mol. The van der Waals surface area contributed by atoms with Crippen LogP contribution in [0.4, 0.5) is 11.6 Å². The van der Waals surface area contributed by atoms with E-state index in [1.54, 1.807) is 30.7 Å². The zero-order valence-electron chi connectivity index (χ0n) is 12.3. The Kier molecular flexibility index (Phi) is 4.45. The maximum atomic E-state index is 10.7. The molecule has 1 unspecified atom stereocenters. The zero-order chi connectivity index (χ0) is 16.2. The van der Waals surface area contributed by atoms with Gasteiger partial charge in [-0.15, -0.1) is 0 Å². The fourth-order valence-corrected chi connectivity index (χ4v) is 2.60. The Hall–Kier alpha value is -2.58. The Morgan fingerprint density at radius 3 is 2.70 bits per heavy atom.